The van der Waals surface area contributed by atoms with Crippen LogP contribution in [-0.2, 0) is 0 Å². The molecule has 0 spiro atoms. The first-order valence-electron chi connectivity index (χ1n) is 6.57. The van der Waals surface area contributed by atoms with Crippen LogP contribution in [0.15, 0.2) is 34.3 Å². The molecular weight excluding hydrogens is 335 g/mol. The summed E-state index contributed by atoms with van der Waals surface area (Å²) < 4.78 is 66.5. The Kier molecular flexibility index (Phi) is 4.25. The normalized spacial score (nSPS) is 15.6. The molecule has 0 fully saturated rings. The van der Waals surface area contributed by atoms with Crippen LogP contribution in [-0.4, -0.2) is 11.5 Å². The van der Waals surface area contributed by atoms with Crippen LogP contribution in [0.25, 0.3) is 0 Å². The van der Waals surface area contributed by atoms with Gasteiger partial charge in [-0.3, -0.25) is 5.43 Å². The van der Waals surface area contributed by atoms with E-state index in [-0.39, 0.29) is 0 Å². The molecule has 3 rings (SSSR count). The van der Waals surface area contributed by atoms with E-state index in [1.54, 1.807) is 23.9 Å². The average Bonchev–Trinajstić information content (AvgIpc) is 2.58. The van der Waals surface area contributed by atoms with Crippen LogP contribution in [0.2, 0.25) is 0 Å². The molecule has 23 heavy (non-hydrogen) atoms. The molecule has 0 atom stereocenters. The van der Waals surface area contributed by atoms with Crippen LogP contribution in [0, 0.1) is 29.1 Å². The molecule has 0 unspecified atom stereocenters. The molecule has 120 valence electrons. The van der Waals surface area contributed by atoms with Gasteiger partial charge in [0.25, 0.3) is 0 Å². The van der Waals surface area contributed by atoms with E-state index in [0.29, 0.717) is 17.9 Å². The second-order valence-electron chi connectivity index (χ2n) is 4.71. The van der Waals surface area contributed by atoms with E-state index in [4.69, 9.17) is 0 Å². The first kappa shape index (κ1) is 15.8. The molecule has 1 aliphatic heterocycles. The maximum absolute atomic E-state index is 13.6. The fourth-order valence-corrected chi connectivity index (χ4v) is 3.20. The lowest BCUT2D eigenvalue weighted by atomic mass is 10.1. The quantitative estimate of drug-likeness (QED) is 0.370. The van der Waals surface area contributed by atoms with E-state index in [1.165, 1.54) is 0 Å². The van der Waals surface area contributed by atoms with Crippen molar-refractivity contribution in [2.24, 2.45) is 5.10 Å². The number of nitrogens with one attached hydrogen (secondary N) is 1. The summed E-state index contributed by atoms with van der Waals surface area (Å²) in [7, 11) is 0. The largest absolute Gasteiger partial charge is 0.272 e. The number of hydrogen-bond donors (Lipinski definition) is 1. The van der Waals surface area contributed by atoms with Crippen molar-refractivity contribution in [2.75, 3.05) is 11.2 Å². The summed E-state index contributed by atoms with van der Waals surface area (Å²) in [5.41, 5.74) is 2.07. The lowest BCUT2D eigenvalue weighted by Crippen LogP contribution is -2.13. The highest BCUT2D eigenvalue weighted by Gasteiger charge is 2.26. The first-order chi connectivity index (χ1) is 11.0. The van der Waals surface area contributed by atoms with Crippen molar-refractivity contribution >= 4 is 23.2 Å². The molecule has 2 aromatic rings. The Bertz CT molecular complexity index is 778. The monoisotopic (exact) mass is 344 g/mol. The zero-order chi connectivity index (χ0) is 16.6. The Labute approximate surface area is 132 Å². The van der Waals surface area contributed by atoms with Gasteiger partial charge in [-0.05, 0) is 6.07 Å². The van der Waals surface area contributed by atoms with Crippen LogP contribution in [0.1, 0.15) is 12.0 Å². The SMILES string of the molecule is Fc1c(F)c(F)c(N/N=C2\CCSc3ccccc32)c(F)c1F. The van der Waals surface area contributed by atoms with Crippen molar-refractivity contribution in [1.82, 2.24) is 0 Å². The summed E-state index contributed by atoms with van der Waals surface area (Å²) in [6.07, 6.45) is 0.504. The molecule has 1 N–H and O–H groups in total. The Balaban J connectivity index is 1.99. The standard InChI is InChI=1S/C15H9F5N2S/c16-10-11(17)13(19)15(14(20)12(10)18)22-21-8-5-6-23-9-4-2-1-3-7(8)9/h1-4,22H,5-6H2/b21-8+. The third-order valence-corrected chi connectivity index (χ3v) is 4.38. The summed E-state index contributed by atoms with van der Waals surface area (Å²) >= 11 is 1.60. The third kappa shape index (κ3) is 2.78. The van der Waals surface area contributed by atoms with Gasteiger partial charge in [0, 0.05) is 22.6 Å². The van der Waals surface area contributed by atoms with Crippen LogP contribution >= 0.6 is 11.8 Å². The number of hydrazone groups is 1. The van der Waals surface area contributed by atoms with E-state index in [9.17, 15) is 22.0 Å². The highest BCUT2D eigenvalue weighted by molar-refractivity contribution is 7.99. The van der Waals surface area contributed by atoms with Crippen molar-refractivity contribution in [1.29, 1.82) is 0 Å². The third-order valence-electron chi connectivity index (χ3n) is 3.31. The molecule has 0 aromatic heterocycles. The molecule has 0 saturated carbocycles. The van der Waals surface area contributed by atoms with E-state index in [1.807, 2.05) is 17.6 Å². The van der Waals surface area contributed by atoms with Crippen molar-refractivity contribution in [3.63, 3.8) is 0 Å². The Hall–Kier alpha value is -2.09. The number of fused-ring (bicyclic) bond motifs is 1. The van der Waals surface area contributed by atoms with Crippen molar-refractivity contribution in [3.8, 4) is 0 Å². The van der Waals surface area contributed by atoms with Gasteiger partial charge in [0.05, 0.1) is 5.71 Å². The van der Waals surface area contributed by atoms with Crippen LogP contribution in [0.4, 0.5) is 27.6 Å². The fraction of sp³-hybridized carbons (Fsp3) is 0.133. The lowest BCUT2D eigenvalue weighted by molar-refractivity contribution is 0.381. The number of halogens is 5. The number of thioether (sulfide) groups is 1. The first-order valence-corrected chi connectivity index (χ1v) is 7.55. The fourth-order valence-electron chi connectivity index (χ4n) is 2.17. The maximum atomic E-state index is 13.6. The van der Waals surface area contributed by atoms with Crippen LogP contribution in [0.5, 0.6) is 0 Å². The second-order valence-corrected chi connectivity index (χ2v) is 5.85. The summed E-state index contributed by atoms with van der Waals surface area (Å²) in [4.78, 5) is 0.941. The van der Waals surface area contributed by atoms with Gasteiger partial charge >= 0.3 is 0 Å². The molecule has 2 aromatic carbocycles. The van der Waals surface area contributed by atoms with E-state index in [2.05, 4.69) is 5.10 Å². The zero-order valence-electron chi connectivity index (χ0n) is 11.5. The van der Waals surface area contributed by atoms with Crippen molar-refractivity contribution in [3.05, 3.63) is 58.9 Å². The van der Waals surface area contributed by atoms with E-state index in [0.717, 1.165) is 10.5 Å². The minimum atomic E-state index is -2.20. The summed E-state index contributed by atoms with van der Waals surface area (Å²) in [6.45, 7) is 0. The molecule has 2 nitrogen and oxygen atoms in total. The summed E-state index contributed by atoms with van der Waals surface area (Å²) in [5.74, 6) is -9.39. The lowest BCUT2D eigenvalue weighted by Gasteiger charge is -2.17. The highest BCUT2D eigenvalue weighted by Crippen LogP contribution is 2.31. The molecule has 0 amide bonds. The zero-order valence-corrected chi connectivity index (χ0v) is 12.3. The van der Waals surface area contributed by atoms with Crippen molar-refractivity contribution in [2.45, 2.75) is 11.3 Å². The predicted molar refractivity (Wildman–Crippen MR) is 78.2 cm³/mol. The minimum absolute atomic E-state index is 0.489. The molecular formula is C15H9F5N2S. The minimum Gasteiger partial charge on any atom is -0.272 e. The summed E-state index contributed by atoms with van der Waals surface area (Å²) in [5, 5.41) is 3.85. The van der Waals surface area contributed by atoms with Gasteiger partial charge in [-0.25, -0.2) is 22.0 Å². The van der Waals surface area contributed by atoms with Gasteiger partial charge in [0.2, 0.25) is 5.82 Å². The average molecular weight is 344 g/mol. The predicted octanol–water partition coefficient (Wildman–Crippen LogP) is 4.69. The molecule has 0 bridgehead atoms. The second kappa shape index (κ2) is 6.19. The number of rotatable bonds is 2. The Morgan fingerprint density at radius 3 is 2.17 bits per heavy atom. The molecule has 1 heterocycles. The molecule has 8 heteroatoms. The van der Waals surface area contributed by atoms with Gasteiger partial charge < -0.3 is 0 Å². The van der Waals surface area contributed by atoms with Gasteiger partial charge in [0.15, 0.2) is 23.3 Å². The number of anilines is 1. The number of benzene rings is 2. The van der Waals surface area contributed by atoms with Crippen molar-refractivity contribution < 1.29 is 22.0 Å². The van der Waals surface area contributed by atoms with E-state index < -0.39 is 34.8 Å². The van der Waals surface area contributed by atoms with E-state index >= 15 is 0 Å². The van der Waals surface area contributed by atoms with Gasteiger partial charge in [-0.2, -0.15) is 5.10 Å². The van der Waals surface area contributed by atoms with Crippen LogP contribution < -0.4 is 5.43 Å². The Morgan fingerprint density at radius 1 is 0.870 bits per heavy atom. The van der Waals surface area contributed by atoms with Gasteiger partial charge in [-0.1, -0.05) is 18.2 Å². The Morgan fingerprint density at radius 2 is 1.48 bits per heavy atom. The topological polar surface area (TPSA) is 24.4 Å². The highest BCUT2D eigenvalue weighted by atomic mass is 32.2. The van der Waals surface area contributed by atoms with Gasteiger partial charge in [0.1, 0.15) is 5.69 Å². The molecule has 0 radical (unpaired) electrons. The smallest absolute Gasteiger partial charge is 0.200 e. The maximum Gasteiger partial charge on any atom is 0.200 e. The molecule has 1 aliphatic rings. The number of nitrogens with zero attached hydrogens (tertiary/aromatic N) is 1. The van der Waals surface area contributed by atoms with Gasteiger partial charge in [-0.15, -0.1) is 11.8 Å². The van der Waals surface area contributed by atoms with Crippen LogP contribution in [0.3, 0.4) is 0 Å². The summed E-state index contributed by atoms with van der Waals surface area (Å²) in [6, 6.07) is 7.26. The molecule has 0 saturated heterocycles. The molecule has 0 aliphatic carbocycles. The number of hydrogen-bond acceptors (Lipinski definition) is 3.